The highest BCUT2D eigenvalue weighted by atomic mass is 19.3. The Balaban J connectivity index is 1.81. The van der Waals surface area contributed by atoms with E-state index in [0.717, 1.165) is 12.0 Å². The van der Waals surface area contributed by atoms with Crippen molar-refractivity contribution < 1.29 is 18.3 Å². The van der Waals surface area contributed by atoms with E-state index in [-0.39, 0.29) is 0 Å². The number of ether oxygens (including phenoxy) is 2. The van der Waals surface area contributed by atoms with Crippen LogP contribution in [0.2, 0.25) is 0 Å². The lowest BCUT2D eigenvalue weighted by Gasteiger charge is -2.18. The molecule has 0 spiro atoms. The minimum Gasteiger partial charge on any atom is -0.487 e. The maximum atomic E-state index is 13.7. The topological polar surface area (TPSA) is 44.5 Å². The Morgan fingerprint density at radius 3 is 1.91 bits per heavy atom. The van der Waals surface area contributed by atoms with Gasteiger partial charge in [-0.2, -0.15) is 8.78 Å². The van der Waals surface area contributed by atoms with Crippen molar-refractivity contribution in [3.63, 3.8) is 0 Å². The van der Waals surface area contributed by atoms with Gasteiger partial charge in [0.1, 0.15) is 11.5 Å². The molecule has 0 aliphatic rings. The van der Waals surface area contributed by atoms with Crippen LogP contribution in [0.3, 0.4) is 0 Å². The molecule has 0 unspecified atom stereocenters. The molecule has 0 amide bonds. The van der Waals surface area contributed by atoms with Crippen LogP contribution in [0, 0.1) is 0 Å². The van der Waals surface area contributed by atoms with Crippen molar-refractivity contribution in [3.8, 4) is 11.5 Å². The van der Waals surface area contributed by atoms with Crippen molar-refractivity contribution in [2.75, 3.05) is 19.8 Å². The molecule has 118 valence electrons. The lowest BCUT2D eigenvalue weighted by molar-refractivity contribution is -0.0728. The van der Waals surface area contributed by atoms with E-state index >= 15 is 0 Å². The highest BCUT2D eigenvalue weighted by Gasteiger charge is 2.31. The quantitative estimate of drug-likeness (QED) is 0.814. The molecule has 0 heterocycles. The van der Waals surface area contributed by atoms with Gasteiger partial charge in [0.2, 0.25) is 0 Å². The molecule has 3 nitrogen and oxygen atoms in total. The van der Waals surface area contributed by atoms with Gasteiger partial charge in [0, 0.05) is 0 Å². The molecule has 0 bridgehead atoms. The lowest BCUT2D eigenvalue weighted by Crippen LogP contribution is -2.32. The molecule has 0 radical (unpaired) electrons. The van der Waals surface area contributed by atoms with Crippen molar-refractivity contribution in [1.82, 2.24) is 0 Å². The van der Waals surface area contributed by atoms with Gasteiger partial charge in [-0.25, -0.2) is 0 Å². The summed E-state index contributed by atoms with van der Waals surface area (Å²) in [6.07, 6.45) is 0.751. The molecule has 0 fully saturated rings. The largest absolute Gasteiger partial charge is 0.487 e. The number of hydrogen-bond donors (Lipinski definition) is 1. The summed E-state index contributed by atoms with van der Waals surface area (Å²) in [6, 6.07) is 15.5. The lowest BCUT2D eigenvalue weighted by atomic mass is 10.1. The number of halogens is 2. The molecule has 0 saturated carbocycles. The van der Waals surface area contributed by atoms with Crippen molar-refractivity contribution in [3.05, 3.63) is 60.2 Å². The van der Waals surface area contributed by atoms with E-state index < -0.39 is 19.1 Å². The van der Waals surface area contributed by atoms with Gasteiger partial charge in [-0.15, -0.1) is 0 Å². The zero-order valence-electron chi connectivity index (χ0n) is 12.2. The second-order valence-electron chi connectivity index (χ2n) is 4.93. The summed E-state index contributed by atoms with van der Waals surface area (Å²) < 4.78 is 37.7. The second kappa shape index (κ2) is 7.75. The number of hydrogen-bond acceptors (Lipinski definition) is 3. The van der Waals surface area contributed by atoms with Crippen LogP contribution >= 0.6 is 0 Å². The van der Waals surface area contributed by atoms with Gasteiger partial charge in [0.15, 0.2) is 13.2 Å². The van der Waals surface area contributed by atoms with E-state index in [0.29, 0.717) is 18.0 Å². The van der Waals surface area contributed by atoms with E-state index in [1.807, 2.05) is 12.1 Å². The molecular weight excluding hydrogens is 288 g/mol. The molecule has 2 N–H and O–H groups in total. The van der Waals surface area contributed by atoms with Crippen LogP contribution in [-0.4, -0.2) is 25.7 Å². The number of benzene rings is 2. The fourth-order valence-corrected chi connectivity index (χ4v) is 1.86. The van der Waals surface area contributed by atoms with Gasteiger partial charge in [0.25, 0.3) is 0 Å². The Labute approximate surface area is 128 Å². The molecular formula is C17H19F2NO2. The van der Waals surface area contributed by atoms with Gasteiger partial charge in [0.05, 0.1) is 0 Å². The predicted molar refractivity (Wildman–Crippen MR) is 81.6 cm³/mol. The monoisotopic (exact) mass is 307 g/mol. The Morgan fingerprint density at radius 1 is 0.818 bits per heavy atom. The van der Waals surface area contributed by atoms with Gasteiger partial charge in [-0.1, -0.05) is 30.3 Å². The summed E-state index contributed by atoms with van der Waals surface area (Å²) in [6.45, 7) is -0.895. The average molecular weight is 307 g/mol. The van der Waals surface area contributed by atoms with Crippen molar-refractivity contribution >= 4 is 0 Å². The van der Waals surface area contributed by atoms with Crippen LogP contribution in [0.25, 0.3) is 0 Å². The Hall–Kier alpha value is -2.14. The third kappa shape index (κ3) is 5.33. The fourth-order valence-electron chi connectivity index (χ4n) is 1.86. The van der Waals surface area contributed by atoms with E-state index in [1.54, 1.807) is 42.5 Å². The van der Waals surface area contributed by atoms with E-state index in [4.69, 9.17) is 15.2 Å². The smallest absolute Gasteiger partial charge is 0.314 e. The molecule has 2 aromatic carbocycles. The summed E-state index contributed by atoms with van der Waals surface area (Å²) in [4.78, 5) is 0. The Morgan fingerprint density at radius 2 is 1.36 bits per heavy atom. The number of rotatable bonds is 8. The standard InChI is InChI=1S/C17H19F2NO2/c18-17(19,12-21-15-4-2-1-3-5-15)13-22-16-8-6-14(7-9-16)10-11-20/h1-9H,10-13,20H2. The molecule has 2 aromatic rings. The summed E-state index contributed by atoms with van der Waals surface area (Å²) >= 11 is 0. The zero-order valence-corrected chi connectivity index (χ0v) is 12.2. The molecule has 2 rings (SSSR count). The Bertz CT molecular complexity index is 559. The predicted octanol–water partition coefficient (Wildman–Crippen LogP) is 3.28. The van der Waals surface area contributed by atoms with Crippen LogP contribution in [-0.2, 0) is 6.42 Å². The first-order valence-electron chi connectivity index (χ1n) is 7.06. The summed E-state index contributed by atoms with van der Waals surface area (Å²) in [7, 11) is 0. The molecule has 0 aliphatic carbocycles. The first kappa shape index (κ1) is 16.2. The minimum atomic E-state index is -3.06. The van der Waals surface area contributed by atoms with Crippen LogP contribution in [0.5, 0.6) is 11.5 Å². The third-order valence-electron chi connectivity index (χ3n) is 3.00. The highest BCUT2D eigenvalue weighted by Crippen LogP contribution is 2.20. The Kier molecular flexibility index (Phi) is 5.72. The van der Waals surface area contributed by atoms with E-state index in [9.17, 15) is 8.78 Å². The SMILES string of the molecule is NCCc1ccc(OCC(F)(F)COc2ccccc2)cc1. The summed E-state index contributed by atoms with van der Waals surface area (Å²) in [5, 5.41) is 0. The second-order valence-corrected chi connectivity index (χ2v) is 4.93. The molecule has 5 heteroatoms. The van der Waals surface area contributed by atoms with Crippen molar-refractivity contribution in [1.29, 1.82) is 0 Å². The average Bonchev–Trinajstić information content (AvgIpc) is 2.54. The number of alkyl halides is 2. The molecule has 0 aliphatic heterocycles. The normalized spacial score (nSPS) is 11.2. The van der Waals surface area contributed by atoms with Gasteiger partial charge in [-0.05, 0) is 42.8 Å². The highest BCUT2D eigenvalue weighted by molar-refractivity contribution is 5.27. The van der Waals surface area contributed by atoms with Crippen LogP contribution in [0.15, 0.2) is 54.6 Å². The third-order valence-corrected chi connectivity index (χ3v) is 3.00. The van der Waals surface area contributed by atoms with Gasteiger partial charge in [-0.3, -0.25) is 0 Å². The number of para-hydroxylation sites is 1. The first-order valence-corrected chi connectivity index (χ1v) is 7.06. The summed E-state index contributed by atoms with van der Waals surface area (Å²) in [5.74, 6) is -2.25. The molecule has 0 aromatic heterocycles. The maximum absolute atomic E-state index is 13.7. The van der Waals surface area contributed by atoms with Gasteiger partial charge < -0.3 is 15.2 Å². The van der Waals surface area contributed by atoms with Crippen molar-refractivity contribution in [2.45, 2.75) is 12.3 Å². The molecule has 22 heavy (non-hydrogen) atoms. The van der Waals surface area contributed by atoms with E-state index in [1.165, 1.54) is 0 Å². The molecule has 0 saturated heterocycles. The van der Waals surface area contributed by atoms with Crippen LogP contribution in [0.4, 0.5) is 8.78 Å². The van der Waals surface area contributed by atoms with Crippen molar-refractivity contribution in [2.24, 2.45) is 5.73 Å². The minimum absolute atomic E-state index is 0.403. The zero-order chi connectivity index (χ0) is 15.8. The first-order chi connectivity index (χ1) is 10.6. The van der Waals surface area contributed by atoms with Crippen LogP contribution in [0.1, 0.15) is 5.56 Å². The summed E-state index contributed by atoms with van der Waals surface area (Å²) in [5.41, 5.74) is 6.50. The van der Waals surface area contributed by atoms with Gasteiger partial charge >= 0.3 is 5.92 Å². The maximum Gasteiger partial charge on any atom is 0.314 e. The van der Waals surface area contributed by atoms with Crippen LogP contribution < -0.4 is 15.2 Å². The number of nitrogens with two attached hydrogens (primary N) is 1. The van der Waals surface area contributed by atoms with E-state index in [2.05, 4.69) is 0 Å². The fraction of sp³-hybridized carbons (Fsp3) is 0.294. The molecule has 0 atom stereocenters.